The molecule has 3 rings (SSSR count). The number of aromatic nitrogens is 2. The normalized spacial score (nSPS) is 17.2. The van der Waals surface area contributed by atoms with Crippen LogP contribution in [0.2, 0.25) is 5.02 Å². The van der Waals surface area contributed by atoms with Crippen molar-refractivity contribution >= 4 is 23.2 Å². The van der Waals surface area contributed by atoms with Crippen molar-refractivity contribution in [3.63, 3.8) is 0 Å². The molecular weight excluding hydrogens is 300 g/mol. The summed E-state index contributed by atoms with van der Waals surface area (Å²) < 4.78 is 1.77. The number of nitrogens with zero attached hydrogens (tertiary/aromatic N) is 2. The van der Waals surface area contributed by atoms with Crippen LogP contribution in [0.5, 0.6) is 0 Å². The second-order valence-electron chi connectivity index (χ2n) is 5.67. The van der Waals surface area contributed by atoms with E-state index in [1.807, 2.05) is 31.3 Å². The van der Waals surface area contributed by atoms with Crippen molar-refractivity contribution in [1.82, 2.24) is 15.1 Å². The Hall–Kier alpha value is -1.85. The quantitative estimate of drug-likeness (QED) is 0.914. The van der Waals surface area contributed by atoms with Crippen molar-refractivity contribution in [1.29, 1.82) is 0 Å². The Balaban J connectivity index is 1.91. The van der Waals surface area contributed by atoms with Crippen LogP contribution in [-0.2, 0) is 10.3 Å². The lowest BCUT2D eigenvalue weighted by Crippen LogP contribution is -2.52. The number of nitrogens with one attached hydrogen (secondary N) is 2. The summed E-state index contributed by atoms with van der Waals surface area (Å²) in [4.78, 5) is 13.0. The Kier molecular flexibility index (Phi) is 4.18. The highest BCUT2D eigenvalue weighted by Crippen LogP contribution is 2.30. The second-order valence-corrected chi connectivity index (χ2v) is 6.08. The number of halogens is 1. The van der Waals surface area contributed by atoms with Crippen molar-refractivity contribution in [2.24, 2.45) is 0 Å². The van der Waals surface area contributed by atoms with Gasteiger partial charge in [-0.3, -0.25) is 9.48 Å². The highest BCUT2D eigenvalue weighted by molar-refractivity contribution is 6.33. The van der Waals surface area contributed by atoms with Crippen molar-refractivity contribution in [3.05, 3.63) is 47.2 Å². The van der Waals surface area contributed by atoms with Crippen molar-refractivity contribution < 1.29 is 4.79 Å². The van der Waals surface area contributed by atoms with Crippen LogP contribution in [0.15, 0.2) is 36.7 Å². The van der Waals surface area contributed by atoms with E-state index in [4.69, 9.17) is 11.6 Å². The fourth-order valence-corrected chi connectivity index (χ4v) is 3.06. The first-order valence-corrected chi connectivity index (χ1v) is 7.78. The highest BCUT2D eigenvalue weighted by atomic mass is 35.5. The van der Waals surface area contributed by atoms with E-state index in [2.05, 4.69) is 15.7 Å². The molecule has 116 valence electrons. The van der Waals surface area contributed by atoms with Crippen LogP contribution >= 0.6 is 11.6 Å². The number of anilines is 1. The molecule has 1 amide bonds. The monoisotopic (exact) mass is 318 g/mol. The first-order valence-electron chi connectivity index (χ1n) is 7.40. The smallest absolute Gasteiger partial charge is 0.252 e. The molecule has 0 bridgehead atoms. The zero-order valence-corrected chi connectivity index (χ0v) is 13.2. The zero-order valence-electron chi connectivity index (χ0n) is 12.5. The molecule has 5 nitrogen and oxygen atoms in total. The van der Waals surface area contributed by atoms with Gasteiger partial charge in [-0.05, 0) is 56.6 Å². The van der Waals surface area contributed by atoms with Crippen LogP contribution < -0.4 is 10.6 Å². The van der Waals surface area contributed by atoms with E-state index in [1.54, 1.807) is 16.9 Å². The lowest BCUT2D eigenvalue weighted by molar-refractivity contribution is -0.126. The topological polar surface area (TPSA) is 59.0 Å². The molecule has 2 heterocycles. The average molecular weight is 319 g/mol. The van der Waals surface area contributed by atoms with Gasteiger partial charge in [-0.2, -0.15) is 5.10 Å². The SMILES string of the molecule is Cc1ccc(Cl)c(NC(=O)C2(n3cccn3)CCNCC2)c1. The van der Waals surface area contributed by atoms with Crippen molar-refractivity contribution in [3.8, 4) is 0 Å². The first kappa shape index (κ1) is 15.1. The van der Waals surface area contributed by atoms with Gasteiger partial charge in [0.2, 0.25) is 0 Å². The summed E-state index contributed by atoms with van der Waals surface area (Å²) in [6, 6.07) is 7.45. The molecule has 1 aliphatic heterocycles. The number of rotatable bonds is 3. The molecule has 22 heavy (non-hydrogen) atoms. The van der Waals surface area contributed by atoms with Gasteiger partial charge in [0.25, 0.3) is 5.91 Å². The molecule has 0 radical (unpaired) electrons. The summed E-state index contributed by atoms with van der Waals surface area (Å²) in [6.45, 7) is 3.55. The molecule has 0 spiro atoms. The van der Waals surface area contributed by atoms with Gasteiger partial charge in [0, 0.05) is 12.4 Å². The third kappa shape index (κ3) is 2.74. The predicted molar refractivity (Wildman–Crippen MR) is 87.1 cm³/mol. The summed E-state index contributed by atoms with van der Waals surface area (Å²) in [6.07, 6.45) is 4.95. The minimum absolute atomic E-state index is 0.0646. The van der Waals surface area contributed by atoms with Gasteiger partial charge in [0.1, 0.15) is 5.54 Å². The molecule has 1 aromatic carbocycles. The van der Waals surface area contributed by atoms with Gasteiger partial charge in [0.05, 0.1) is 10.7 Å². The van der Waals surface area contributed by atoms with Crippen LogP contribution in [0.25, 0.3) is 0 Å². The second kappa shape index (κ2) is 6.10. The third-order valence-electron chi connectivity index (χ3n) is 4.17. The number of piperidine rings is 1. The van der Waals surface area contributed by atoms with Gasteiger partial charge < -0.3 is 10.6 Å². The zero-order chi connectivity index (χ0) is 15.6. The Morgan fingerprint density at radius 3 is 2.86 bits per heavy atom. The molecule has 0 saturated carbocycles. The fraction of sp³-hybridized carbons (Fsp3) is 0.375. The van der Waals surface area contributed by atoms with Crippen molar-refractivity contribution in [2.45, 2.75) is 25.3 Å². The van der Waals surface area contributed by atoms with E-state index in [0.29, 0.717) is 23.6 Å². The van der Waals surface area contributed by atoms with Gasteiger partial charge in [0.15, 0.2) is 0 Å². The number of carbonyl (C=O) groups excluding carboxylic acids is 1. The van der Waals surface area contributed by atoms with Gasteiger partial charge in [-0.1, -0.05) is 17.7 Å². The largest absolute Gasteiger partial charge is 0.323 e. The number of hydrogen-bond donors (Lipinski definition) is 2. The lowest BCUT2D eigenvalue weighted by atomic mass is 9.87. The molecule has 1 saturated heterocycles. The van der Waals surface area contributed by atoms with Crippen LogP contribution in [0, 0.1) is 6.92 Å². The maximum atomic E-state index is 13.0. The summed E-state index contributed by atoms with van der Waals surface area (Å²) in [7, 11) is 0. The maximum Gasteiger partial charge on any atom is 0.252 e. The minimum Gasteiger partial charge on any atom is -0.323 e. The summed E-state index contributed by atoms with van der Waals surface area (Å²) in [5.41, 5.74) is 1.04. The predicted octanol–water partition coefficient (Wildman–Crippen LogP) is 2.56. The number of amides is 1. The molecule has 1 fully saturated rings. The van der Waals surface area contributed by atoms with E-state index in [9.17, 15) is 4.79 Å². The number of carbonyl (C=O) groups is 1. The van der Waals surface area contributed by atoms with E-state index < -0.39 is 5.54 Å². The Bertz CT molecular complexity index is 663. The van der Waals surface area contributed by atoms with Gasteiger partial charge >= 0.3 is 0 Å². The van der Waals surface area contributed by atoms with Crippen LogP contribution in [0.4, 0.5) is 5.69 Å². The number of benzene rings is 1. The van der Waals surface area contributed by atoms with Crippen LogP contribution in [0.3, 0.4) is 0 Å². The molecular formula is C16H19ClN4O. The molecule has 2 aromatic rings. The molecule has 0 atom stereocenters. The van der Waals surface area contributed by atoms with Gasteiger partial charge in [-0.15, -0.1) is 0 Å². The van der Waals surface area contributed by atoms with E-state index in [0.717, 1.165) is 18.7 Å². The lowest BCUT2D eigenvalue weighted by Gasteiger charge is -2.36. The first-order chi connectivity index (χ1) is 10.6. The summed E-state index contributed by atoms with van der Waals surface area (Å²) in [5.74, 6) is -0.0646. The van der Waals surface area contributed by atoms with Crippen LogP contribution in [0.1, 0.15) is 18.4 Å². The molecule has 1 aliphatic rings. The molecule has 0 unspecified atom stereocenters. The molecule has 1 aromatic heterocycles. The van der Waals surface area contributed by atoms with E-state index in [-0.39, 0.29) is 5.91 Å². The Morgan fingerprint density at radius 1 is 1.41 bits per heavy atom. The highest BCUT2D eigenvalue weighted by Gasteiger charge is 2.42. The molecule has 2 N–H and O–H groups in total. The Morgan fingerprint density at radius 2 is 2.18 bits per heavy atom. The fourth-order valence-electron chi connectivity index (χ4n) is 2.90. The van der Waals surface area contributed by atoms with E-state index in [1.165, 1.54) is 0 Å². The average Bonchev–Trinajstić information content (AvgIpc) is 3.06. The number of aryl methyl sites for hydroxylation is 1. The van der Waals surface area contributed by atoms with Crippen LogP contribution in [-0.4, -0.2) is 28.8 Å². The summed E-state index contributed by atoms with van der Waals surface area (Å²) >= 11 is 6.20. The molecule has 0 aliphatic carbocycles. The minimum atomic E-state index is -0.665. The van der Waals surface area contributed by atoms with Crippen molar-refractivity contribution in [2.75, 3.05) is 18.4 Å². The Labute approximate surface area is 134 Å². The number of hydrogen-bond acceptors (Lipinski definition) is 3. The maximum absolute atomic E-state index is 13.0. The standard InChI is InChI=1S/C16H19ClN4O/c1-12-3-4-13(17)14(11-12)20-15(22)16(5-8-18-9-6-16)21-10-2-7-19-21/h2-4,7,10-11,18H,5-6,8-9H2,1H3,(H,20,22). The third-order valence-corrected chi connectivity index (χ3v) is 4.50. The van der Waals surface area contributed by atoms with Gasteiger partial charge in [-0.25, -0.2) is 0 Å². The van der Waals surface area contributed by atoms with E-state index >= 15 is 0 Å². The summed E-state index contributed by atoms with van der Waals surface area (Å²) in [5, 5.41) is 11.1. The molecule has 6 heteroatoms.